The number of ether oxygens (including phenoxy) is 1. The Morgan fingerprint density at radius 1 is 1.33 bits per heavy atom. The van der Waals surface area contributed by atoms with Gasteiger partial charge in [0, 0.05) is 6.07 Å². The lowest BCUT2D eigenvalue weighted by Gasteiger charge is -2.38. The van der Waals surface area contributed by atoms with Gasteiger partial charge in [0.2, 0.25) is 0 Å². The molecule has 1 saturated heterocycles. The predicted molar refractivity (Wildman–Crippen MR) is 77.1 cm³/mol. The van der Waals surface area contributed by atoms with Gasteiger partial charge in [0.25, 0.3) is 5.91 Å². The Bertz CT molecular complexity index is 716. The van der Waals surface area contributed by atoms with Crippen LogP contribution in [0.25, 0.3) is 0 Å². The molecular formula is C16H15F3N2O3. The van der Waals surface area contributed by atoms with Crippen LogP contribution in [0.2, 0.25) is 0 Å². The molecule has 1 aromatic carbocycles. The van der Waals surface area contributed by atoms with E-state index in [1.54, 1.807) is 13.0 Å². The van der Waals surface area contributed by atoms with Crippen LogP contribution in [0, 0.1) is 0 Å². The molecule has 2 unspecified atom stereocenters. The van der Waals surface area contributed by atoms with E-state index < -0.39 is 17.8 Å². The second kappa shape index (κ2) is 6.27. The first kappa shape index (κ1) is 16.5. The molecule has 2 heterocycles. The Balaban J connectivity index is 1.82. The van der Waals surface area contributed by atoms with E-state index in [1.165, 1.54) is 23.3 Å². The summed E-state index contributed by atoms with van der Waals surface area (Å²) in [7, 11) is 0. The molecule has 1 amide bonds. The van der Waals surface area contributed by atoms with Gasteiger partial charge in [0.05, 0.1) is 24.8 Å². The molecule has 1 aromatic heterocycles. The van der Waals surface area contributed by atoms with E-state index in [0.717, 1.165) is 12.1 Å². The Morgan fingerprint density at radius 3 is 2.79 bits per heavy atom. The van der Waals surface area contributed by atoms with Gasteiger partial charge in [-0.1, -0.05) is 17.3 Å². The molecule has 5 nitrogen and oxygen atoms in total. The molecule has 128 valence electrons. The van der Waals surface area contributed by atoms with Gasteiger partial charge in [-0.05, 0) is 24.6 Å². The zero-order chi connectivity index (χ0) is 17.3. The van der Waals surface area contributed by atoms with E-state index in [0.29, 0.717) is 5.56 Å². The molecule has 0 aliphatic carbocycles. The Labute approximate surface area is 136 Å². The van der Waals surface area contributed by atoms with Gasteiger partial charge in [-0.2, -0.15) is 13.2 Å². The highest BCUT2D eigenvalue weighted by Gasteiger charge is 2.34. The van der Waals surface area contributed by atoms with Crippen LogP contribution < -0.4 is 0 Å². The fourth-order valence-corrected chi connectivity index (χ4v) is 2.63. The van der Waals surface area contributed by atoms with Gasteiger partial charge in [-0.25, -0.2) is 0 Å². The molecule has 3 rings (SSSR count). The van der Waals surface area contributed by atoms with Crippen LogP contribution in [0.5, 0.6) is 0 Å². The highest BCUT2D eigenvalue weighted by Crippen LogP contribution is 2.33. The molecule has 8 heteroatoms. The molecule has 1 aliphatic rings. The summed E-state index contributed by atoms with van der Waals surface area (Å²) in [5.41, 5.74) is -0.196. The first-order chi connectivity index (χ1) is 11.4. The van der Waals surface area contributed by atoms with E-state index in [9.17, 15) is 18.0 Å². The number of nitrogens with zero attached hydrogens (tertiary/aromatic N) is 2. The molecule has 0 radical (unpaired) electrons. The van der Waals surface area contributed by atoms with Crippen LogP contribution in [0.1, 0.15) is 34.6 Å². The topological polar surface area (TPSA) is 55.6 Å². The summed E-state index contributed by atoms with van der Waals surface area (Å²) in [6.07, 6.45) is -3.75. The summed E-state index contributed by atoms with van der Waals surface area (Å²) in [6.45, 7) is 2.18. The van der Waals surface area contributed by atoms with E-state index in [4.69, 9.17) is 4.74 Å². The molecule has 0 spiro atoms. The third-order valence-corrected chi connectivity index (χ3v) is 3.94. The number of halogens is 3. The first-order valence-corrected chi connectivity index (χ1v) is 7.36. The minimum atomic E-state index is -4.42. The van der Waals surface area contributed by atoms with Gasteiger partial charge in [-0.3, -0.25) is 4.79 Å². The minimum Gasteiger partial charge on any atom is -0.370 e. The van der Waals surface area contributed by atoms with Crippen molar-refractivity contribution in [2.45, 2.75) is 25.2 Å². The largest absolute Gasteiger partial charge is 0.416 e. The quantitative estimate of drug-likeness (QED) is 0.842. The van der Waals surface area contributed by atoms with Crippen molar-refractivity contribution in [1.29, 1.82) is 0 Å². The Kier molecular flexibility index (Phi) is 4.31. The van der Waals surface area contributed by atoms with Crippen LogP contribution >= 0.6 is 0 Å². The number of hydrogen-bond donors (Lipinski definition) is 0. The standard InChI is InChI=1S/C16H15F3N2O3/c1-10-9-23-14(8-21(10)15(22)13-5-6-24-20-13)11-3-2-4-12(7-11)16(17,18)19/h2-7,10,14H,8-9H2,1H3. The third kappa shape index (κ3) is 3.28. The van der Waals surface area contributed by atoms with Crippen LogP contribution in [0.3, 0.4) is 0 Å². The van der Waals surface area contributed by atoms with Gasteiger partial charge in [0.15, 0.2) is 5.69 Å². The summed E-state index contributed by atoms with van der Waals surface area (Å²) in [4.78, 5) is 14.0. The third-order valence-electron chi connectivity index (χ3n) is 3.94. The molecule has 24 heavy (non-hydrogen) atoms. The molecule has 0 saturated carbocycles. The Hall–Kier alpha value is -2.35. The summed E-state index contributed by atoms with van der Waals surface area (Å²) < 4.78 is 48.9. The molecule has 2 atom stereocenters. The number of alkyl halides is 3. The van der Waals surface area contributed by atoms with E-state index >= 15 is 0 Å². The van der Waals surface area contributed by atoms with Gasteiger partial charge in [0.1, 0.15) is 12.4 Å². The SMILES string of the molecule is CC1COC(c2cccc(C(F)(F)F)c2)CN1C(=O)c1ccon1. The number of hydrogen-bond acceptors (Lipinski definition) is 4. The second-order valence-corrected chi connectivity index (χ2v) is 5.64. The van der Waals surface area contributed by atoms with Crippen LogP contribution in [0.15, 0.2) is 41.1 Å². The van der Waals surface area contributed by atoms with E-state index in [2.05, 4.69) is 9.68 Å². The fraction of sp³-hybridized carbons (Fsp3) is 0.375. The number of benzene rings is 1. The normalized spacial score (nSPS) is 21.8. The smallest absolute Gasteiger partial charge is 0.370 e. The summed E-state index contributed by atoms with van der Waals surface area (Å²) in [5, 5.41) is 3.61. The van der Waals surface area contributed by atoms with Gasteiger partial charge in [-0.15, -0.1) is 0 Å². The number of aromatic nitrogens is 1. The van der Waals surface area contributed by atoms with Crippen molar-refractivity contribution < 1.29 is 27.2 Å². The van der Waals surface area contributed by atoms with Crippen molar-refractivity contribution in [1.82, 2.24) is 10.1 Å². The zero-order valence-electron chi connectivity index (χ0n) is 12.8. The number of rotatable bonds is 2. The van der Waals surface area contributed by atoms with Crippen molar-refractivity contribution in [3.8, 4) is 0 Å². The Morgan fingerprint density at radius 2 is 2.12 bits per heavy atom. The lowest BCUT2D eigenvalue weighted by atomic mass is 10.0. The lowest BCUT2D eigenvalue weighted by molar-refractivity contribution is -0.137. The average molecular weight is 340 g/mol. The van der Waals surface area contributed by atoms with Crippen molar-refractivity contribution >= 4 is 5.91 Å². The fourth-order valence-electron chi connectivity index (χ4n) is 2.63. The van der Waals surface area contributed by atoms with Crippen LogP contribution in [-0.4, -0.2) is 35.2 Å². The molecule has 1 aliphatic heterocycles. The second-order valence-electron chi connectivity index (χ2n) is 5.64. The molecular weight excluding hydrogens is 325 g/mol. The van der Waals surface area contributed by atoms with Crippen molar-refractivity contribution in [3.63, 3.8) is 0 Å². The predicted octanol–water partition coefficient (Wildman–Crippen LogP) is 3.30. The maximum Gasteiger partial charge on any atom is 0.416 e. The summed E-state index contributed by atoms with van der Waals surface area (Å²) >= 11 is 0. The van der Waals surface area contributed by atoms with Crippen LogP contribution in [-0.2, 0) is 10.9 Å². The average Bonchev–Trinajstić information content (AvgIpc) is 3.08. The number of amides is 1. The summed E-state index contributed by atoms with van der Waals surface area (Å²) in [6, 6.07) is 6.20. The van der Waals surface area contributed by atoms with Gasteiger partial charge < -0.3 is 14.2 Å². The molecule has 0 N–H and O–H groups in total. The monoisotopic (exact) mass is 340 g/mol. The maximum atomic E-state index is 12.9. The van der Waals surface area contributed by atoms with E-state index in [-0.39, 0.29) is 30.8 Å². The molecule has 2 aromatic rings. The van der Waals surface area contributed by atoms with E-state index in [1.807, 2.05) is 0 Å². The van der Waals surface area contributed by atoms with Gasteiger partial charge >= 0.3 is 6.18 Å². The zero-order valence-corrected chi connectivity index (χ0v) is 12.8. The molecule has 0 bridgehead atoms. The maximum absolute atomic E-state index is 12.9. The lowest BCUT2D eigenvalue weighted by Crippen LogP contribution is -2.48. The van der Waals surface area contributed by atoms with Crippen molar-refractivity contribution in [3.05, 3.63) is 53.4 Å². The molecule has 1 fully saturated rings. The minimum absolute atomic E-state index is 0.147. The summed E-state index contributed by atoms with van der Waals surface area (Å²) in [5.74, 6) is -0.337. The first-order valence-electron chi connectivity index (χ1n) is 7.36. The number of carbonyl (C=O) groups excluding carboxylic acids is 1. The van der Waals surface area contributed by atoms with Crippen LogP contribution in [0.4, 0.5) is 13.2 Å². The van der Waals surface area contributed by atoms with Crippen molar-refractivity contribution in [2.75, 3.05) is 13.2 Å². The van der Waals surface area contributed by atoms with Crippen molar-refractivity contribution in [2.24, 2.45) is 0 Å². The highest BCUT2D eigenvalue weighted by atomic mass is 19.4. The highest BCUT2D eigenvalue weighted by molar-refractivity contribution is 5.92. The number of morpholine rings is 1. The number of carbonyl (C=O) groups is 1.